The van der Waals surface area contributed by atoms with Gasteiger partial charge in [0.15, 0.2) is 11.5 Å². The van der Waals surface area contributed by atoms with Crippen LogP contribution < -0.4 is 8.37 Å². The Morgan fingerprint density at radius 2 is 1.39 bits per heavy atom. The molecule has 0 spiro atoms. The molecule has 0 aliphatic heterocycles. The average Bonchev–Trinajstić information content (AvgIpc) is 3.03. The van der Waals surface area contributed by atoms with Crippen LogP contribution in [0.2, 0.25) is 0 Å². The van der Waals surface area contributed by atoms with Gasteiger partial charge in [-0.25, -0.2) is 0 Å². The van der Waals surface area contributed by atoms with E-state index in [-0.39, 0.29) is 22.1 Å². The molecule has 0 saturated heterocycles. The predicted octanol–water partition coefficient (Wildman–Crippen LogP) is 4.89. The van der Waals surface area contributed by atoms with Crippen molar-refractivity contribution in [1.29, 1.82) is 0 Å². The van der Waals surface area contributed by atoms with Crippen molar-refractivity contribution < 1.29 is 25.2 Å². The number of thiophene rings is 1. The van der Waals surface area contributed by atoms with Gasteiger partial charge in [-0.05, 0) is 25.5 Å². The van der Waals surface area contributed by atoms with Crippen LogP contribution in [-0.2, 0) is 20.2 Å². The molecular formula is C19H26O6S3. The fourth-order valence-corrected chi connectivity index (χ4v) is 5.25. The van der Waals surface area contributed by atoms with Crippen molar-refractivity contribution in [3.05, 3.63) is 40.6 Å². The Hall–Kier alpha value is -1.58. The summed E-state index contributed by atoms with van der Waals surface area (Å²) in [6, 6.07) is 6.19. The van der Waals surface area contributed by atoms with Crippen LogP contribution in [0.25, 0.3) is 0 Å². The Morgan fingerprint density at radius 1 is 0.821 bits per heavy atom. The summed E-state index contributed by atoms with van der Waals surface area (Å²) in [5.41, 5.74) is 0.916. The molecule has 28 heavy (non-hydrogen) atoms. The monoisotopic (exact) mass is 446 g/mol. The highest BCUT2D eigenvalue weighted by Gasteiger charge is 2.22. The van der Waals surface area contributed by atoms with Crippen LogP contribution >= 0.6 is 11.3 Å². The van der Waals surface area contributed by atoms with E-state index in [1.165, 1.54) is 22.9 Å². The summed E-state index contributed by atoms with van der Waals surface area (Å²) in [5.74, 6) is -0.345. The minimum atomic E-state index is -4.08. The van der Waals surface area contributed by atoms with Crippen molar-refractivity contribution in [2.75, 3.05) is 5.75 Å². The van der Waals surface area contributed by atoms with Gasteiger partial charge in [0.2, 0.25) is 0 Å². The summed E-state index contributed by atoms with van der Waals surface area (Å²) in [6.45, 7) is 3.97. The zero-order valence-corrected chi connectivity index (χ0v) is 18.5. The Balaban J connectivity index is 1.98. The SMILES string of the molecule is CCCCCCCCS(=O)(=O)Oc1cscc1OS(=O)(=O)c1ccc(C)cc1. The van der Waals surface area contributed by atoms with Gasteiger partial charge in [-0.2, -0.15) is 16.8 Å². The Labute approximate surface area is 171 Å². The van der Waals surface area contributed by atoms with E-state index in [0.29, 0.717) is 6.42 Å². The van der Waals surface area contributed by atoms with Crippen molar-refractivity contribution in [1.82, 2.24) is 0 Å². The minimum Gasteiger partial charge on any atom is -0.377 e. The smallest absolute Gasteiger partial charge is 0.339 e. The molecule has 0 atom stereocenters. The van der Waals surface area contributed by atoms with Crippen LogP contribution in [0.5, 0.6) is 11.5 Å². The van der Waals surface area contributed by atoms with E-state index >= 15 is 0 Å². The van der Waals surface area contributed by atoms with Crippen LogP contribution in [0.15, 0.2) is 39.9 Å². The lowest BCUT2D eigenvalue weighted by atomic mass is 10.1. The van der Waals surface area contributed by atoms with Crippen LogP contribution in [0.3, 0.4) is 0 Å². The minimum absolute atomic E-state index is 0.00909. The van der Waals surface area contributed by atoms with Crippen molar-refractivity contribution in [2.45, 2.75) is 57.3 Å². The standard InChI is InChI=1S/C19H26O6S3/c1-3-4-5-6-7-8-13-27(20,21)24-18-14-26-15-19(18)25-28(22,23)17-11-9-16(2)10-12-17/h9-12,14-15H,3-8,13H2,1-2H3. The van der Waals surface area contributed by atoms with Crippen LogP contribution in [0.1, 0.15) is 51.0 Å². The van der Waals surface area contributed by atoms with Gasteiger partial charge in [0, 0.05) is 10.8 Å². The molecule has 1 aromatic carbocycles. The maximum absolute atomic E-state index is 12.4. The molecule has 0 aliphatic carbocycles. The van der Waals surface area contributed by atoms with E-state index in [1.54, 1.807) is 12.1 Å². The fraction of sp³-hybridized carbons (Fsp3) is 0.474. The van der Waals surface area contributed by atoms with Crippen molar-refractivity contribution >= 4 is 31.6 Å². The molecule has 2 aromatic rings. The Bertz CT molecular complexity index is 944. The number of rotatable bonds is 12. The summed E-state index contributed by atoms with van der Waals surface area (Å²) >= 11 is 1.10. The second-order valence-electron chi connectivity index (χ2n) is 6.56. The second-order valence-corrected chi connectivity index (χ2v) is 10.5. The largest absolute Gasteiger partial charge is 0.377 e. The molecule has 0 fully saturated rings. The highest BCUT2D eigenvalue weighted by molar-refractivity contribution is 7.87. The quantitative estimate of drug-likeness (QED) is 0.341. The first kappa shape index (κ1) is 22.7. The number of benzene rings is 1. The molecule has 6 nitrogen and oxygen atoms in total. The molecule has 1 aromatic heterocycles. The summed E-state index contributed by atoms with van der Waals surface area (Å²) in [5, 5.41) is 2.82. The Kier molecular flexibility index (Phi) is 8.33. The van der Waals surface area contributed by atoms with Gasteiger partial charge >= 0.3 is 20.2 Å². The molecule has 0 amide bonds. The van der Waals surface area contributed by atoms with Gasteiger partial charge in [0.05, 0.1) is 5.75 Å². The first-order chi connectivity index (χ1) is 13.2. The number of unbranched alkanes of at least 4 members (excludes halogenated alkanes) is 5. The summed E-state index contributed by atoms with van der Waals surface area (Å²) < 4.78 is 59.4. The predicted molar refractivity (Wildman–Crippen MR) is 111 cm³/mol. The van der Waals surface area contributed by atoms with Crippen molar-refractivity contribution in [3.63, 3.8) is 0 Å². The van der Waals surface area contributed by atoms with E-state index in [0.717, 1.165) is 49.0 Å². The third kappa shape index (κ3) is 7.10. The third-order valence-corrected chi connectivity index (χ3v) is 7.24. The first-order valence-electron chi connectivity index (χ1n) is 9.23. The van der Waals surface area contributed by atoms with Gasteiger partial charge < -0.3 is 8.37 Å². The van der Waals surface area contributed by atoms with E-state index in [2.05, 4.69) is 6.92 Å². The van der Waals surface area contributed by atoms with Crippen LogP contribution in [0.4, 0.5) is 0 Å². The average molecular weight is 447 g/mol. The summed E-state index contributed by atoms with van der Waals surface area (Å²) in [4.78, 5) is -0.00909. The van der Waals surface area contributed by atoms with E-state index < -0.39 is 20.2 Å². The van der Waals surface area contributed by atoms with E-state index in [1.807, 2.05) is 6.92 Å². The maximum Gasteiger partial charge on any atom is 0.339 e. The van der Waals surface area contributed by atoms with Crippen molar-refractivity contribution in [3.8, 4) is 11.5 Å². The van der Waals surface area contributed by atoms with Gasteiger partial charge in [-0.15, -0.1) is 11.3 Å². The first-order valence-corrected chi connectivity index (χ1v) is 13.2. The highest BCUT2D eigenvalue weighted by Crippen LogP contribution is 2.35. The molecule has 9 heteroatoms. The lowest BCUT2D eigenvalue weighted by Crippen LogP contribution is -2.15. The molecule has 0 bridgehead atoms. The van der Waals surface area contributed by atoms with E-state index in [9.17, 15) is 16.8 Å². The fourth-order valence-electron chi connectivity index (χ4n) is 2.50. The number of aryl methyl sites for hydroxylation is 1. The lowest BCUT2D eigenvalue weighted by Gasteiger charge is -2.10. The molecule has 0 radical (unpaired) electrons. The molecule has 0 unspecified atom stereocenters. The number of hydrogen-bond donors (Lipinski definition) is 0. The molecule has 2 rings (SSSR count). The molecule has 0 N–H and O–H groups in total. The van der Waals surface area contributed by atoms with Crippen LogP contribution in [0, 0.1) is 6.92 Å². The molecule has 0 aliphatic rings. The summed E-state index contributed by atoms with van der Waals surface area (Å²) in [6.07, 6.45) is 5.69. The zero-order chi connectivity index (χ0) is 20.6. The zero-order valence-electron chi connectivity index (χ0n) is 16.1. The van der Waals surface area contributed by atoms with Gasteiger partial charge in [0.25, 0.3) is 0 Å². The second kappa shape index (κ2) is 10.3. The van der Waals surface area contributed by atoms with Gasteiger partial charge in [0.1, 0.15) is 4.90 Å². The molecule has 0 saturated carbocycles. The maximum atomic E-state index is 12.4. The molecule has 156 valence electrons. The van der Waals surface area contributed by atoms with E-state index in [4.69, 9.17) is 8.37 Å². The Morgan fingerprint density at radius 3 is 2.04 bits per heavy atom. The summed E-state index contributed by atoms with van der Waals surface area (Å²) in [7, 11) is -7.89. The molecule has 1 heterocycles. The lowest BCUT2D eigenvalue weighted by molar-refractivity contribution is 0.450. The third-order valence-electron chi connectivity index (χ3n) is 4.07. The molecular weight excluding hydrogens is 420 g/mol. The topological polar surface area (TPSA) is 86.7 Å². The van der Waals surface area contributed by atoms with Gasteiger partial charge in [-0.1, -0.05) is 56.7 Å². The van der Waals surface area contributed by atoms with Crippen molar-refractivity contribution in [2.24, 2.45) is 0 Å². The highest BCUT2D eigenvalue weighted by atomic mass is 32.2. The number of hydrogen-bond acceptors (Lipinski definition) is 7. The normalized spacial score (nSPS) is 12.1. The van der Waals surface area contributed by atoms with Crippen LogP contribution in [-0.4, -0.2) is 22.6 Å². The van der Waals surface area contributed by atoms with Gasteiger partial charge in [-0.3, -0.25) is 0 Å².